The van der Waals surface area contributed by atoms with E-state index < -0.39 is 11.8 Å². The van der Waals surface area contributed by atoms with Crippen LogP contribution in [0.1, 0.15) is 40.0 Å². The van der Waals surface area contributed by atoms with Crippen LogP contribution in [0.3, 0.4) is 0 Å². The quantitative estimate of drug-likeness (QED) is 0.673. The van der Waals surface area contributed by atoms with E-state index in [0.717, 1.165) is 0 Å². The summed E-state index contributed by atoms with van der Waals surface area (Å²) in [4.78, 5) is 33.1. The summed E-state index contributed by atoms with van der Waals surface area (Å²) >= 11 is 6.01. The van der Waals surface area contributed by atoms with Gasteiger partial charge in [-0.3, -0.25) is 4.79 Å². The van der Waals surface area contributed by atoms with Crippen LogP contribution in [0.15, 0.2) is 18.2 Å². The van der Waals surface area contributed by atoms with Crippen molar-refractivity contribution in [1.82, 2.24) is 15.3 Å². The third-order valence-electron chi connectivity index (χ3n) is 5.20. The summed E-state index contributed by atoms with van der Waals surface area (Å²) < 4.78 is 25.0. The second-order valence-electron chi connectivity index (χ2n) is 6.93. The number of imidazole rings is 1. The largest absolute Gasteiger partial charge is 0.465 e. The van der Waals surface area contributed by atoms with E-state index in [-0.39, 0.29) is 40.3 Å². The lowest BCUT2D eigenvalue weighted by atomic mass is 10.00. The Morgan fingerprint density at radius 1 is 1.40 bits per heavy atom. The number of anilines is 1. The van der Waals surface area contributed by atoms with Crippen molar-refractivity contribution in [3.8, 4) is 0 Å². The lowest BCUT2D eigenvalue weighted by Crippen LogP contribution is -2.55. The number of H-pyrrole nitrogens is 1. The monoisotopic (exact) mass is 438 g/mol. The highest BCUT2D eigenvalue weighted by molar-refractivity contribution is 6.30. The van der Waals surface area contributed by atoms with Crippen molar-refractivity contribution in [2.24, 2.45) is 0 Å². The first kappa shape index (κ1) is 22.0. The molecule has 162 valence electrons. The summed E-state index contributed by atoms with van der Waals surface area (Å²) in [6.07, 6.45) is 0.760. The van der Waals surface area contributed by atoms with Gasteiger partial charge in [0.15, 0.2) is 16.8 Å². The number of carbonyl (C=O) groups excluding carboxylic acids is 2. The molecule has 8 nitrogen and oxygen atoms in total. The number of hydrogen-bond acceptors (Lipinski definition) is 6. The number of nitrogens with one attached hydrogen (secondary N) is 2. The molecule has 0 spiro atoms. The molecule has 0 unspecified atom stereocenters. The Hall–Kier alpha value is -2.65. The van der Waals surface area contributed by atoms with Crippen LogP contribution in [0, 0.1) is 5.82 Å². The molecule has 10 heteroatoms. The third-order valence-corrected chi connectivity index (χ3v) is 5.51. The molecule has 0 radical (unpaired) electrons. The van der Waals surface area contributed by atoms with Gasteiger partial charge in [0.05, 0.1) is 36.2 Å². The van der Waals surface area contributed by atoms with Crippen molar-refractivity contribution in [2.45, 2.75) is 31.9 Å². The van der Waals surface area contributed by atoms with Gasteiger partial charge in [0.25, 0.3) is 5.91 Å². The summed E-state index contributed by atoms with van der Waals surface area (Å²) in [6.45, 7) is 2.71. The van der Waals surface area contributed by atoms with E-state index in [4.69, 9.17) is 16.3 Å². The maximum absolute atomic E-state index is 14.8. The Morgan fingerprint density at radius 3 is 2.80 bits per heavy atom. The van der Waals surface area contributed by atoms with Gasteiger partial charge in [0, 0.05) is 20.2 Å². The average Bonchev–Trinajstić information content (AvgIpc) is 3.14. The first-order valence-corrected chi connectivity index (χ1v) is 9.97. The molecule has 1 aliphatic rings. The zero-order valence-electron chi connectivity index (χ0n) is 17.0. The van der Waals surface area contributed by atoms with Gasteiger partial charge in [0.2, 0.25) is 0 Å². The number of hydrogen-bond donors (Lipinski definition) is 2. The lowest BCUT2D eigenvalue weighted by Gasteiger charge is -2.39. The number of halogens is 2. The molecule has 1 aromatic carbocycles. The first-order valence-electron chi connectivity index (χ1n) is 9.59. The van der Waals surface area contributed by atoms with Crippen LogP contribution in [0.4, 0.5) is 10.1 Å². The number of carbonyl (C=O) groups is 2. The molecule has 1 aromatic heterocycles. The van der Waals surface area contributed by atoms with Crippen LogP contribution >= 0.6 is 11.6 Å². The molecule has 2 atom stereocenters. The highest BCUT2D eigenvalue weighted by Gasteiger charge is 2.33. The van der Waals surface area contributed by atoms with Crippen molar-refractivity contribution in [1.29, 1.82) is 0 Å². The van der Waals surface area contributed by atoms with Gasteiger partial charge in [-0.2, -0.15) is 0 Å². The fraction of sp³-hybridized carbons (Fsp3) is 0.450. The van der Waals surface area contributed by atoms with Crippen LogP contribution < -0.4 is 10.2 Å². The summed E-state index contributed by atoms with van der Waals surface area (Å²) in [5, 5.41) is 3.19. The molecule has 1 fully saturated rings. The number of piperidine rings is 1. The van der Waals surface area contributed by atoms with Gasteiger partial charge >= 0.3 is 5.97 Å². The summed E-state index contributed by atoms with van der Waals surface area (Å²) in [6, 6.07) is 4.29. The number of rotatable bonds is 6. The van der Waals surface area contributed by atoms with E-state index in [1.165, 1.54) is 20.3 Å². The number of methoxy groups -OCH3 is 2. The zero-order chi connectivity index (χ0) is 21.8. The summed E-state index contributed by atoms with van der Waals surface area (Å²) in [5.41, 5.74) is 0.858. The Balaban J connectivity index is 1.72. The smallest absolute Gasteiger partial charge is 0.340 e. The van der Waals surface area contributed by atoms with Crippen molar-refractivity contribution < 1.29 is 23.5 Å². The Bertz CT molecular complexity index is 936. The van der Waals surface area contributed by atoms with Gasteiger partial charge in [-0.15, -0.1) is 0 Å². The van der Waals surface area contributed by atoms with Crippen LogP contribution in [0.5, 0.6) is 0 Å². The van der Waals surface area contributed by atoms with E-state index in [0.29, 0.717) is 31.6 Å². The van der Waals surface area contributed by atoms with Gasteiger partial charge in [-0.1, -0.05) is 24.6 Å². The molecule has 2 heterocycles. The van der Waals surface area contributed by atoms with Crippen LogP contribution in [-0.4, -0.2) is 61.3 Å². The molecular weight excluding hydrogens is 415 g/mol. The van der Waals surface area contributed by atoms with Crippen molar-refractivity contribution >= 4 is 29.2 Å². The SMILES string of the molecule is CCc1[nH]c(C(=O)N[C@@H]2CCN(c3cccc(C(=O)OC)c3F)C[C@@H]2OC)nc1Cl. The number of esters is 1. The summed E-state index contributed by atoms with van der Waals surface area (Å²) in [7, 11) is 2.74. The van der Waals surface area contributed by atoms with Gasteiger partial charge in [-0.25, -0.2) is 14.2 Å². The number of benzene rings is 1. The predicted octanol–water partition coefficient (Wildman–Crippen LogP) is 2.57. The van der Waals surface area contributed by atoms with Gasteiger partial charge in [-0.05, 0) is 25.0 Å². The highest BCUT2D eigenvalue weighted by Crippen LogP contribution is 2.27. The molecule has 30 heavy (non-hydrogen) atoms. The highest BCUT2D eigenvalue weighted by atomic mass is 35.5. The lowest BCUT2D eigenvalue weighted by molar-refractivity contribution is 0.0535. The van der Waals surface area contributed by atoms with Crippen LogP contribution in [0.2, 0.25) is 5.15 Å². The fourth-order valence-electron chi connectivity index (χ4n) is 3.54. The van der Waals surface area contributed by atoms with E-state index in [9.17, 15) is 14.0 Å². The van der Waals surface area contributed by atoms with Crippen molar-refractivity contribution in [3.05, 3.63) is 46.3 Å². The number of nitrogens with zero attached hydrogens (tertiary/aromatic N) is 2. The molecule has 0 bridgehead atoms. The minimum atomic E-state index is -0.733. The average molecular weight is 439 g/mol. The first-order chi connectivity index (χ1) is 14.4. The molecule has 1 aliphatic heterocycles. The molecule has 0 saturated carbocycles. The van der Waals surface area contributed by atoms with E-state index in [2.05, 4.69) is 20.0 Å². The number of aromatic amines is 1. The van der Waals surface area contributed by atoms with Crippen LogP contribution in [0.25, 0.3) is 0 Å². The van der Waals surface area contributed by atoms with E-state index in [1.54, 1.807) is 17.0 Å². The zero-order valence-corrected chi connectivity index (χ0v) is 17.8. The van der Waals surface area contributed by atoms with Gasteiger partial charge < -0.3 is 24.7 Å². The Labute approximate surface area is 178 Å². The van der Waals surface area contributed by atoms with Gasteiger partial charge in [0.1, 0.15) is 0 Å². The topological polar surface area (TPSA) is 96.6 Å². The van der Waals surface area contributed by atoms with Crippen molar-refractivity contribution in [3.63, 3.8) is 0 Å². The molecule has 3 rings (SSSR count). The van der Waals surface area contributed by atoms with Crippen LogP contribution in [-0.2, 0) is 15.9 Å². The second-order valence-corrected chi connectivity index (χ2v) is 7.29. The minimum Gasteiger partial charge on any atom is -0.465 e. The normalized spacial score (nSPS) is 18.9. The standard InChI is InChI=1S/C20H24ClFN4O4/c1-4-12-17(21)25-18(23-12)19(27)24-13-8-9-26(10-15(13)29-2)14-7-5-6-11(16(14)22)20(28)30-3/h5-7,13,15H,4,8-10H2,1-3H3,(H,23,25)(H,24,27)/t13-,15+/m1/s1. The second kappa shape index (κ2) is 9.44. The molecular formula is C20H24ClFN4O4. The van der Waals surface area contributed by atoms with Crippen molar-refractivity contribution in [2.75, 3.05) is 32.2 Å². The minimum absolute atomic E-state index is 0.124. The molecule has 1 amide bonds. The Kier molecular flexibility index (Phi) is 6.94. The Morgan fingerprint density at radius 2 is 2.17 bits per heavy atom. The molecule has 2 aromatic rings. The molecule has 0 aliphatic carbocycles. The number of amides is 1. The number of aromatic nitrogens is 2. The summed E-state index contributed by atoms with van der Waals surface area (Å²) in [5.74, 6) is -1.61. The number of aryl methyl sites for hydroxylation is 1. The fourth-order valence-corrected chi connectivity index (χ4v) is 3.80. The van der Waals surface area contributed by atoms with E-state index in [1.807, 2.05) is 6.92 Å². The maximum Gasteiger partial charge on any atom is 0.340 e. The third kappa shape index (κ3) is 4.41. The van der Waals surface area contributed by atoms with E-state index >= 15 is 0 Å². The molecule has 1 saturated heterocycles. The predicted molar refractivity (Wildman–Crippen MR) is 110 cm³/mol. The molecule has 2 N–H and O–H groups in total. The number of ether oxygens (including phenoxy) is 2. The maximum atomic E-state index is 14.8.